The van der Waals surface area contributed by atoms with Crippen LogP contribution in [0.2, 0.25) is 0 Å². The van der Waals surface area contributed by atoms with Crippen molar-refractivity contribution in [3.05, 3.63) is 48.3 Å². The summed E-state index contributed by atoms with van der Waals surface area (Å²) in [4.78, 5) is 42.3. The zero-order valence-electron chi connectivity index (χ0n) is 17.1. The van der Waals surface area contributed by atoms with Crippen LogP contribution in [-0.2, 0) is 20.8 Å². The molecule has 0 unspecified atom stereocenters. The lowest BCUT2D eigenvalue weighted by Crippen LogP contribution is -2.54. The van der Waals surface area contributed by atoms with Gasteiger partial charge >= 0.3 is 11.8 Å². The molecular weight excluding hydrogens is 382 g/mol. The molecule has 0 saturated carbocycles. The molecule has 3 amide bonds. The van der Waals surface area contributed by atoms with Gasteiger partial charge in [-0.3, -0.25) is 14.4 Å². The number of hydrogen-bond donors (Lipinski definition) is 0. The Morgan fingerprint density at radius 3 is 2.07 bits per heavy atom. The Bertz CT molecular complexity index is 897. The van der Waals surface area contributed by atoms with E-state index in [4.69, 9.17) is 0 Å². The number of likely N-dealkylation sites (tertiary alicyclic amines) is 1. The van der Waals surface area contributed by atoms with E-state index in [1.165, 1.54) is 0 Å². The molecule has 0 atom stereocenters. The number of nitrogens with zero attached hydrogens (tertiary/aromatic N) is 5. The number of aryl methyl sites for hydroxylation is 1. The summed E-state index contributed by atoms with van der Waals surface area (Å²) < 4.78 is 1.81. The summed E-state index contributed by atoms with van der Waals surface area (Å²) in [5, 5.41) is 4.37. The van der Waals surface area contributed by atoms with Gasteiger partial charge in [0.1, 0.15) is 0 Å². The van der Waals surface area contributed by atoms with Crippen LogP contribution in [0.25, 0.3) is 5.69 Å². The fraction of sp³-hybridized carbons (Fsp3) is 0.455. The van der Waals surface area contributed by atoms with E-state index in [9.17, 15) is 14.4 Å². The highest BCUT2D eigenvalue weighted by molar-refractivity contribution is 6.35. The summed E-state index contributed by atoms with van der Waals surface area (Å²) in [6.45, 7) is 3.11. The van der Waals surface area contributed by atoms with Gasteiger partial charge in [0.05, 0.1) is 11.9 Å². The fourth-order valence-electron chi connectivity index (χ4n) is 3.97. The minimum Gasteiger partial charge on any atom is -0.339 e. The standard InChI is InChI=1S/C22H27N5O3/c28-20(9-8-18-16-23-27(17-18)19-6-2-1-3-7-19)24-12-14-26(15-13-24)22(30)21(29)25-10-4-5-11-25/h1-3,6-7,16-17H,4-5,8-15H2. The van der Waals surface area contributed by atoms with Crippen LogP contribution in [0.15, 0.2) is 42.7 Å². The normalized spacial score (nSPS) is 16.7. The van der Waals surface area contributed by atoms with Gasteiger partial charge in [-0.25, -0.2) is 4.68 Å². The lowest BCUT2D eigenvalue weighted by molar-refractivity contribution is -0.153. The highest BCUT2D eigenvalue weighted by Gasteiger charge is 2.31. The topological polar surface area (TPSA) is 78.8 Å². The number of piperazine rings is 1. The second-order valence-corrected chi connectivity index (χ2v) is 7.80. The zero-order valence-corrected chi connectivity index (χ0v) is 17.1. The number of rotatable bonds is 4. The third-order valence-electron chi connectivity index (χ3n) is 5.78. The highest BCUT2D eigenvalue weighted by Crippen LogP contribution is 2.13. The molecule has 2 fully saturated rings. The van der Waals surface area contributed by atoms with Gasteiger partial charge < -0.3 is 14.7 Å². The van der Waals surface area contributed by atoms with E-state index in [2.05, 4.69) is 5.10 Å². The molecule has 30 heavy (non-hydrogen) atoms. The Balaban J connectivity index is 1.23. The van der Waals surface area contributed by atoms with Crippen molar-refractivity contribution in [3.8, 4) is 5.69 Å². The highest BCUT2D eigenvalue weighted by atomic mass is 16.2. The van der Waals surface area contributed by atoms with E-state index in [0.29, 0.717) is 52.1 Å². The Morgan fingerprint density at radius 1 is 0.800 bits per heavy atom. The van der Waals surface area contributed by atoms with Crippen LogP contribution in [0.3, 0.4) is 0 Å². The van der Waals surface area contributed by atoms with Gasteiger partial charge in [-0.2, -0.15) is 5.10 Å². The van der Waals surface area contributed by atoms with Crippen LogP contribution in [0.4, 0.5) is 0 Å². The summed E-state index contributed by atoms with van der Waals surface area (Å²) >= 11 is 0. The summed E-state index contributed by atoms with van der Waals surface area (Å²) in [6.07, 6.45) is 6.69. The molecule has 0 spiro atoms. The van der Waals surface area contributed by atoms with Crippen molar-refractivity contribution >= 4 is 17.7 Å². The molecule has 2 aliphatic rings. The third kappa shape index (κ3) is 4.53. The fourth-order valence-corrected chi connectivity index (χ4v) is 3.97. The van der Waals surface area contributed by atoms with Crippen molar-refractivity contribution < 1.29 is 14.4 Å². The van der Waals surface area contributed by atoms with Gasteiger partial charge in [0.2, 0.25) is 5.91 Å². The molecule has 2 saturated heterocycles. The molecule has 8 heteroatoms. The average molecular weight is 409 g/mol. The minimum atomic E-state index is -0.433. The van der Waals surface area contributed by atoms with Gasteiger partial charge in [-0.15, -0.1) is 0 Å². The summed E-state index contributed by atoms with van der Waals surface area (Å²) in [5.74, 6) is -0.763. The van der Waals surface area contributed by atoms with Crippen LogP contribution < -0.4 is 0 Å². The third-order valence-corrected chi connectivity index (χ3v) is 5.78. The molecule has 8 nitrogen and oxygen atoms in total. The monoisotopic (exact) mass is 409 g/mol. The maximum atomic E-state index is 12.6. The second kappa shape index (κ2) is 9.11. The Hall–Kier alpha value is -3.16. The zero-order chi connectivity index (χ0) is 20.9. The molecule has 158 valence electrons. The van der Waals surface area contributed by atoms with Crippen molar-refractivity contribution in [1.29, 1.82) is 0 Å². The Morgan fingerprint density at radius 2 is 1.40 bits per heavy atom. The second-order valence-electron chi connectivity index (χ2n) is 7.80. The molecule has 2 aliphatic heterocycles. The van der Waals surface area contributed by atoms with E-state index in [-0.39, 0.29) is 5.91 Å². The number of benzene rings is 1. The molecular formula is C22H27N5O3. The summed E-state index contributed by atoms with van der Waals surface area (Å²) in [6, 6.07) is 9.85. The lowest BCUT2D eigenvalue weighted by atomic mass is 10.1. The van der Waals surface area contributed by atoms with E-state index >= 15 is 0 Å². The number of carbonyl (C=O) groups excluding carboxylic acids is 3. The first-order chi connectivity index (χ1) is 14.6. The van der Waals surface area contributed by atoms with Crippen molar-refractivity contribution in [2.75, 3.05) is 39.3 Å². The first-order valence-electron chi connectivity index (χ1n) is 10.6. The van der Waals surface area contributed by atoms with Gasteiger partial charge in [0.25, 0.3) is 0 Å². The molecule has 3 heterocycles. The van der Waals surface area contributed by atoms with E-state index < -0.39 is 11.8 Å². The molecule has 0 radical (unpaired) electrons. The first kappa shape index (κ1) is 20.1. The van der Waals surface area contributed by atoms with Crippen LogP contribution >= 0.6 is 0 Å². The lowest BCUT2D eigenvalue weighted by Gasteiger charge is -2.35. The van der Waals surface area contributed by atoms with Crippen LogP contribution in [0.5, 0.6) is 0 Å². The predicted octanol–water partition coefficient (Wildman–Crippen LogP) is 1.10. The van der Waals surface area contributed by atoms with Crippen molar-refractivity contribution in [3.63, 3.8) is 0 Å². The number of amides is 3. The molecule has 1 aromatic carbocycles. The summed E-state index contributed by atoms with van der Waals surface area (Å²) in [7, 11) is 0. The van der Waals surface area contributed by atoms with Crippen LogP contribution in [0.1, 0.15) is 24.8 Å². The quantitative estimate of drug-likeness (QED) is 0.709. The number of aromatic nitrogens is 2. The largest absolute Gasteiger partial charge is 0.339 e. The van der Waals surface area contributed by atoms with E-state index in [1.54, 1.807) is 20.9 Å². The van der Waals surface area contributed by atoms with Crippen LogP contribution in [0, 0.1) is 0 Å². The van der Waals surface area contributed by atoms with Gasteiger partial charge in [0, 0.05) is 51.9 Å². The molecule has 0 N–H and O–H groups in total. The molecule has 2 aromatic rings. The first-order valence-corrected chi connectivity index (χ1v) is 10.6. The minimum absolute atomic E-state index is 0.0698. The van der Waals surface area contributed by atoms with Gasteiger partial charge in [0.15, 0.2) is 0 Å². The maximum Gasteiger partial charge on any atom is 0.312 e. The maximum absolute atomic E-state index is 12.6. The van der Waals surface area contributed by atoms with Crippen molar-refractivity contribution in [2.24, 2.45) is 0 Å². The molecule has 1 aromatic heterocycles. The van der Waals surface area contributed by atoms with Gasteiger partial charge in [-0.05, 0) is 37.0 Å². The SMILES string of the molecule is O=C(CCc1cnn(-c2ccccc2)c1)N1CCN(C(=O)C(=O)N2CCCC2)CC1. The summed E-state index contributed by atoms with van der Waals surface area (Å²) in [5.41, 5.74) is 2.00. The number of para-hydroxylation sites is 1. The van der Waals surface area contributed by atoms with E-state index in [0.717, 1.165) is 24.1 Å². The molecule has 0 bridgehead atoms. The Labute approximate surface area is 176 Å². The van der Waals surface area contributed by atoms with Crippen molar-refractivity contribution in [1.82, 2.24) is 24.5 Å². The van der Waals surface area contributed by atoms with Crippen molar-refractivity contribution in [2.45, 2.75) is 25.7 Å². The average Bonchev–Trinajstić information content (AvgIpc) is 3.50. The van der Waals surface area contributed by atoms with Crippen LogP contribution in [-0.4, -0.2) is 81.5 Å². The smallest absolute Gasteiger partial charge is 0.312 e. The Kier molecular flexibility index (Phi) is 6.11. The number of carbonyl (C=O) groups is 3. The molecule has 0 aliphatic carbocycles. The van der Waals surface area contributed by atoms with Gasteiger partial charge in [-0.1, -0.05) is 18.2 Å². The van der Waals surface area contributed by atoms with E-state index in [1.807, 2.05) is 41.2 Å². The number of hydrogen-bond acceptors (Lipinski definition) is 4. The predicted molar refractivity (Wildman–Crippen MR) is 111 cm³/mol. The molecule has 4 rings (SSSR count).